The number of rotatable bonds is 5. The fourth-order valence-corrected chi connectivity index (χ4v) is 2.70. The summed E-state index contributed by atoms with van der Waals surface area (Å²) in [6, 6.07) is 9.45. The molecule has 0 radical (unpaired) electrons. The molecule has 0 aliphatic rings. The van der Waals surface area contributed by atoms with Gasteiger partial charge >= 0.3 is 5.97 Å². The minimum Gasteiger partial charge on any atom is -0.461 e. The lowest BCUT2D eigenvalue weighted by Crippen LogP contribution is -2.09. The molecule has 2 heterocycles. The molecule has 0 aliphatic heterocycles. The van der Waals surface area contributed by atoms with Gasteiger partial charge in [0.2, 0.25) is 5.91 Å². The lowest BCUT2D eigenvalue weighted by Gasteiger charge is -1.97. The number of hydrogen-bond donors (Lipinski definition) is 1. The van der Waals surface area contributed by atoms with Gasteiger partial charge in [-0.25, -0.2) is 9.78 Å². The normalized spacial score (nSPS) is 11.0. The fourth-order valence-electron chi connectivity index (χ4n) is 2.02. The molecule has 3 aromatic rings. The van der Waals surface area contributed by atoms with E-state index in [2.05, 4.69) is 10.3 Å². The van der Waals surface area contributed by atoms with Crippen molar-refractivity contribution in [2.75, 3.05) is 11.9 Å². The summed E-state index contributed by atoms with van der Waals surface area (Å²) in [6.45, 7) is 1.99. The molecule has 3 rings (SSSR count). The van der Waals surface area contributed by atoms with Gasteiger partial charge in [-0.2, -0.15) is 0 Å². The molecule has 0 unspecified atom stereocenters. The average Bonchev–Trinajstić information content (AvgIpc) is 3.19. The SMILES string of the molecule is CCOC(=O)c1csc(NC(=O)/C=C/c2cc3ccccc3o2)n1. The summed E-state index contributed by atoms with van der Waals surface area (Å²) in [5.74, 6) is -0.287. The summed E-state index contributed by atoms with van der Waals surface area (Å²) < 4.78 is 10.4. The van der Waals surface area contributed by atoms with Crippen molar-refractivity contribution >= 4 is 45.4 Å². The van der Waals surface area contributed by atoms with E-state index in [0.29, 0.717) is 10.9 Å². The quantitative estimate of drug-likeness (QED) is 0.564. The van der Waals surface area contributed by atoms with Crippen LogP contribution in [-0.2, 0) is 9.53 Å². The Morgan fingerprint density at radius 2 is 2.21 bits per heavy atom. The van der Waals surface area contributed by atoms with Gasteiger partial charge in [0, 0.05) is 16.8 Å². The van der Waals surface area contributed by atoms with Gasteiger partial charge in [-0.15, -0.1) is 11.3 Å². The van der Waals surface area contributed by atoms with Crippen LogP contribution < -0.4 is 5.32 Å². The summed E-state index contributed by atoms with van der Waals surface area (Å²) in [7, 11) is 0. The zero-order valence-electron chi connectivity index (χ0n) is 12.8. The summed E-state index contributed by atoms with van der Waals surface area (Å²) in [5, 5.41) is 5.43. The Morgan fingerprint density at radius 3 is 3.00 bits per heavy atom. The number of anilines is 1. The Bertz CT molecular complexity index is 877. The number of para-hydroxylation sites is 1. The molecule has 24 heavy (non-hydrogen) atoms. The van der Waals surface area contributed by atoms with Crippen molar-refractivity contribution in [2.45, 2.75) is 6.92 Å². The number of benzene rings is 1. The monoisotopic (exact) mass is 342 g/mol. The van der Waals surface area contributed by atoms with Gasteiger partial charge in [0.1, 0.15) is 11.3 Å². The van der Waals surface area contributed by atoms with Crippen molar-refractivity contribution < 1.29 is 18.7 Å². The molecular weight excluding hydrogens is 328 g/mol. The van der Waals surface area contributed by atoms with Crippen LogP contribution in [0, 0.1) is 0 Å². The van der Waals surface area contributed by atoms with E-state index in [1.807, 2.05) is 30.3 Å². The Hall–Kier alpha value is -2.93. The molecule has 6 nitrogen and oxygen atoms in total. The summed E-state index contributed by atoms with van der Waals surface area (Å²) in [4.78, 5) is 27.5. The molecule has 0 spiro atoms. The molecule has 0 fully saturated rings. The zero-order valence-corrected chi connectivity index (χ0v) is 13.6. The number of thiazole rings is 1. The number of ether oxygens (including phenoxy) is 1. The third-order valence-electron chi connectivity index (χ3n) is 3.06. The first-order chi connectivity index (χ1) is 11.7. The highest BCUT2D eigenvalue weighted by atomic mass is 32.1. The van der Waals surface area contributed by atoms with E-state index >= 15 is 0 Å². The van der Waals surface area contributed by atoms with E-state index in [4.69, 9.17) is 9.15 Å². The molecule has 0 atom stereocenters. The van der Waals surface area contributed by atoms with E-state index < -0.39 is 5.97 Å². The number of esters is 1. The van der Waals surface area contributed by atoms with E-state index in [9.17, 15) is 9.59 Å². The second kappa shape index (κ2) is 7.10. The molecule has 7 heteroatoms. The number of aromatic nitrogens is 1. The number of nitrogens with zero attached hydrogens (tertiary/aromatic N) is 1. The summed E-state index contributed by atoms with van der Waals surface area (Å²) in [5.41, 5.74) is 0.940. The van der Waals surface area contributed by atoms with Crippen molar-refractivity contribution in [2.24, 2.45) is 0 Å². The van der Waals surface area contributed by atoms with Crippen molar-refractivity contribution in [3.63, 3.8) is 0 Å². The summed E-state index contributed by atoms with van der Waals surface area (Å²) >= 11 is 1.16. The zero-order chi connectivity index (χ0) is 16.9. The van der Waals surface area contributed by atoms with Gasteiger partial charge in [-0.05, 0) is 25.1 Å². The highest BCUT2D eigenvalue weighted by Crippen LogP contribution is 2.20. The topological polar surface area (TPSA) is 81.4 Å². The van der Waals surface area contributed by atoms with Gasteiger partial charge in [-0.3, -0.25) is 10.1 Å². The van der Waals surface area contributed by atoms with Crippen LogP contribution >= 0.6 is 11.3 Å². The molecule has 0 bridgehead atoms. The molecule has 122 valence electrons. The first-order valence-electron chi connectivity index (χ1n) is 7.26. The van der Waals surface area contributed by atoms with Crippen LogP contribution in [-0.4, -0.2) is 23.5 Å². The molecule has 0 saturated heterocycles. The van der Waals surface area contributed by atoms with E-state index in [1.165, 1.54) is 11.5 Å². The Morgan fingerprint density at radius 1 is 1.38 bits per heavy atom. The molecule has 1 aromatic carbocycles. The van der Waals surface area contributed by atoms with Gasteiger partial charge in [-0.1, -0.05) is 18.2 Å². The third-order valence-corrected chi connectivity index (χ3v) is 3.82. The number of fused-ring (bicyclic) bond motifs is 1. The average molecular weight is 342 g/mol. The fraction of sp³-hybridized carbons (Fsp3) is 0.118. The van der Waals surface area contributed by atoms with Crippen molar-refractivity contribution in [1.82, 2.24) is 4.98 Å². The number of furan rings is 1. The molecule has 1 amide bonds. The van der Waals surface area contributed by atoms with Crippen LogP contribution in [0.1, 0.15) is 23.2 Å². The maximum Gasteiger partial charge on any atom is 0.357 e. The van der Waals surface area contributed by atoms with Crippen molar-refractivity contribution in [3.8, 4) is 0 Å². The predicted molar refractivity (Wildman–Crippen MR) is 91.9 cm³/mol. The summed E-state index contributed by atoms with van der Waals surface area (Å²) in [6.07, 6.45) is 2.93. The van der Waals surface area contributed by atoms with Crippen LogP contribution in [0.3, 0.4) is 0 Å². The third kappa shape index (κ3) is 3.69. The van der Waals surface area contributed by atoms with Gasteiger partial charge < -0.3 is 9.15 Å². The smallest absolute Gasteiger partial charge is 0.357 e. The van der Waals surface area contributed by atoms with E-state index in [1.54, 1.807) is 13.0 Å². The molecule has 0 aliphatic carbocycles. The van der Waals surface area contributed by atoms with E-state index in [0.717, 1.165) is 22.3 Å². The van der Waals surface area contributed by atoms with Crippen LogP contribution in [0.25, 0.3) is 17.0 Å². The maximum atomic E-state index is 11.9. The van der Waals surface area contributed by atoms with Crippen molar-refractivity contribution in [1.29, 1.82) is 0 Å². The van der Waals surface area contributed by atoms with E-state index in [-0.39, 0.29) is 18.2 Å². The van der Waals surface area contributed by atoms with Gasteiger partial charge in [0.15, 0.2) is 10.8 Å². The molecular formula is C17H14N2O4S. The molecule has 0 saturated carbocycles. The number of hydrogen-bond acceptors (Lipinski definition) is 6. The largest absolute Gasteiger partial charge is 0.461 e. The van der Waals surface area contributed by atoms with Gasteiger partial charge in [0.25, 0.3) is 0 Å². The predicted octanol–water partition coefficient (Wildman–Crippen LogP) is 3.72. The number of carbonyl (C=O) groups is 2. The number of carbonyl (C=O) groups excluding carboxylic acids is 2. The first kappa shape index (κ1) is 15.9. The first-order valence-corrected chi connectivity index (χ1v) is 8.14. The maximum absolute atomic E-state index is 11.9. The van der Waals surface area contributed by atoms with Crippen LogP contribution in [0.4, 0.5) is 5.13 Å². The highest BCUT2D eigenvalue weighted by molar-refractivity contribution is 7.14. The number of amides is 1. The second-order valence-corrected chi connectivity index (χ2v) is 5.63. The lowest BCUT2D eigenvalue weighted by atomic mass is 10.2. The highest BCUT2D eigenvalue weighted by Gasteiger charge is 2.12. The van der Waals surface area contributed by atoms with Crippen LogP contribution in [0.15, 0.2) is 46.2 Å². The second-order valence-electron chi connectivity index (χ2n) is 4.77. The van der Waals surface area contributed by atoms with Crippen molar-refractivity contribution in [3.05, 3.63) is 53.2 Å². The van der Waals surface area contributed by atoms with Crippen LogP contribution in [0.5, 0.6) is 0 Å². The Balaban J connectivity index is 1.63. The molecule has 2 aromatic heterocycles. The lowest BCUT2D eigenvalue weighted by molar-refractivity contribution is -0.111. The minimum absolute atomic E-state index is 0.179. The number of nitrogens with one attached hydrogen (secondary N) is 1. The van der Waals surface area contributed by atoms with Crippen LogP contribution in [0.2, 0.25) is 0 Å². The van der Waals surface area contributed by atoms with Gasteiger partial charge in [0.05, 0.1) is 6.61 Å². The Labute approximate surface area is 141 Å². The minimum atomic E-state index is -0.507. The molecule has 1 N–H and O–H groups in total. The Kier molecular flexibility index (Phi) is 4.72. The standard InChI is InChI=1S/C17H14N2O4S/c1-2-22-16(21)13-10-24-17(18-13)19-15(20)8-7-12-9-11-5-3-4-6-14(11)23-12/h3-10H,2H2,1H3,(H,18,19,20)/b8-7+.